The summed E-state index contributed by atoms with van der Waals surface area (Å²) in [6.45, 7) is 4.40. The summed E-state index contributed by atoms with van der Waals surface area (Å²) in [5.74, 6) is 0.120. The van der Waals surface area contributed by atoms with Gasteiger partial charge < -0.3 is 0 Å². The highest BCUT2D eigenvalue weighted by Crippen LogP contribution is 2.23. The molecule has 1 aliphatic rings. The van der Waals surface area contributed by atoms with Crippen molar-refractivity contribution < 1.29 is 9.59 Å². The number of likely N-dealkylation sites (tertiary alicyclic amines) is 1. The van der Waals surface area contributed by atoms with Crippen molar-refractivity contribution >= 4 is 11.8 Å². The second-order valence-electron chi connectivity index (χ2n) is 6.01. The number of rotatable bonds is 11. The van der Waals surface area contributed by atoms with Crippen LogP contribution in [-0.2, 0) is 9.59 Å². The maximum atomic E-state index is 11.9. The average molecular weight is 281 g/mol. The Kier molecular flexibility index (Phi) is 8.56. The second kappa shape index (κ2) is 9.95. The Morgan fingerprint density at radius 2 is 1.25 bits per heavy atom. The van der Waals surface area contributed by atoms with Gasteiger partial charge in [-0.1, -0.05) is 65.2 Å². The zero-order chi connectivity index (χ0) is 14.8. The summed E-state index contributed by atoms with van der Waals surface area (Å²) >= 11 is 0. The van der Waals surface area contributed by atoms with Crippen LogP contribution in [0.1, 0.15) is 90.9 Å². The molecule has 1 saturated heterocycles. The van der Waals surface area contributed by atoms with Gasteiger partial charge in [-0.3, -0.25) is 14.5 Å². The summed E-state index contributed by atoms with van der Waals surface area (Å²) in [7, 11) is 0. The van der Waals surface area contributed by atoms with Crippen LogP contribution in [0.2, 0.25) is 0 Å². The van der Waals surface area contributed by atoms with Gasteiger partial charge in [-0.05, 0) is 12.8 Å². The van der Waals surface area contributed by atoms with Crippen molar-refractivity contribution in [3.8, 4) is 0 Å². The van der Waals surface area contributed by atoms with Gasteiger partial charge in [0.1, 0.15) is 0 Å². The van der Waals surface area contributed by atoms with Crippen LogP contribution in [0.5, 0.6) is 0 Å². The molecule has 1 aliphatic heterocycles. The Morgan fingerprint density at radius 1 is 0.800 bits per heavy atom. The normalized spacial score (nSPS) is 17.0. The fourth-order valence-corrected chi connectivity index (χ4v) is 3.02. The van der Waals surface area contributed by atoms with Crippen molar-refractivity contribution in [2.45, 2.75) is 96.9 Å². The molecule has 0 aromatic rings. The zero-order valence-corrected chi connectivity index (χ0v) is 13.3. The van der Waals surface area contributed by atoms with Gasteiger partial charge in [0.15, 0.2) is 0 Å². The highest BCUT2D eigenvalue weighted by atomic mass is 16.2. The van der Waals surface area contributed by atoms with E-state index < -0.39 is 0 Å². The molecule has 116 valence electrons. The highest BCUT2D eigenvalue weighted by Gasteiger charge is 2.34. The quantitative estimate of drug-likeness (QED) is 0.414. The van der Waals surface area contributed by atoms with Crippen LogP contribution in [0.4, 0.5) is 0 Å². The van der Waals surface area contributed by atoms with Crippen LogP contribution >= 0.6 is 0 Å². The van der Waals surface area contributed by atoms with E-state index in [1.807, 2.05) is 0 Å². The van der Waals surface area contributed by atoms with Gasteiger partial charge in [0.05, 0.1) is 0 Å². The van der Waals surface area contributed by atoms with Crippen molar-refractivity contribution in [2.75, 3.05) is 0 Å². The Bertz CT molecular complexity index is 285. The van der Waals surface area contributed by atoms with E-state index in [2.05, 4.69) is 13.8 Å². The van der Waals surface area contributed by atoms with Crippen LogP contribution in [0.3, 0.4) is 0 Å². The van der Waals surface area contributed by atoms with Gasteiger partial charge >= 0.3 is 0 Å². The summed E-state index contributed by atoms with van der Waals surface area (Å²) in [4.78, 5) is 25.4. The number of nitrogens with zero attached hydrogens (tertiary/aromatic N) is 1. The van der Waals surface area contributed by atoms with E-state index in [0.29, 0.717) is 12.8 Å². The van der Waals surface area contributed by atoms with E-state index in [-0.39, 0.29) is 17.9 Å². The van der Waals surface area contributed by atoms with Crippen LogP contribution < -0.4 is 0 Å². The summed E-state index contributed by atoms with van der Waals surface area (Å²) in [5, 5.41) is 0. The second-order valence-corrected chi connectivity index (χ2v) is 6.01. The first kappa shape index (κ1) is 17.2. The summed E-state index contributed by atoms with van der Waals surface area (Å²) in [6.07, 6.45) is 12.6. The number of hydrogen-bond donors (Lipinski definition) is 0. The number of amides is 2. The number of unbranched alkanes of at least 4 members (excludes halogenated alkanes) is 6. The highest BCUT2D eigenvalue weighted by molar-refractivity contribution is 6.02. The van der Waals surface area contributed by atoms with Gasteiger partial charge in [-0.25, -0.2) is 0 Å². The fraction of sp³-hybridized carbons (Fsp3) is 0.882. The molecule has 0 spiro atoms. The van der Waals surface area contributed by atoms with E-state index in [1.165, 1.54) is 38.5 Å². The molecular weight excluding hydrogens is 250 g/mol. The SMILES string of the molecule is CCCCCCCC(CCCCC)N1C(=O)CCC1=O. The fourth-order valence-electron chi connectivity index (χ4n) is 3.02. The first-order chi connectivity index (χ1) is 9.70. The molecule has 0 N–H and O–H groups in total. The third-order valence-corrected chi connectivity index (χ3v) is 4.24. The molecule has 0 radical (unpaired) electrons. The Labute approximate surface area is 124 Å². The standard InChI is InChI=1S/C17H31NO2/c1-3-5-7-8-10-12-15(11-9-6-4-2)18-16(19)13-14-17(18)20/h15H,3-14H2,1-2H3. The number of imide groups is 1. The Balaban J connectivity index is 2.42. The van der Waals surface area contributed by atoms with Crippen molar-refractivity contribution in [3.63, 3.8) is 0 Å². The molecule has 1 unspecified atom stereocenters. The van der Waals surface area contributed by atoms with E-state index in [0.717, 1.165) is 25.7 Å². The topological polar surface area (TPSA) is 37.4 Å². The minimum Gasteiger partial charge on any atom is -0.280 e. The van der Waals surface area contributed by atoms with Gasteiger partial charge in [0, 0.05) is 18.9 Å². The predicted octanol–water partition coefficient (Wildman–Crippen LogP) is 4.44. The average Bonchev–Trinajstić information content (AvgIpc) is 2.76. The maximum Gasteiger partial charge on any atom is 0.229 e. The Hall–Kier alpha value is -0.860. The van der Waals surface area contributed by atoms with Crippen LogP contribution in [0.25, 0.3) is 0 Å². The summed E-state index contributed by atoms with van der Waals surface area (Å²) < 4.78 is 0. The van der Waals surface area contributed by atoms with Crippen molar-refractivity contribution in [3.05, 3.63) is 0 Å². The molecule has 2 amide bonds. The maximum absolute atomic E-state index is 11.9. The molecule has 20 heavy (non-hydrogen) atoms. The predicted molar refractivity (Wildman–Crippen MR) is 82.4 cm³/mol. The van der Waals surface area contributed by atoms with Crippen molar-refractivity contribution in [2.24, 2.45) is 0 Å². The smallest absolute Gasteiger partial charge is 0.229 e. The lowest BCUT2D eigenvalue weighted by Crippen LogP contribution is -2.39. The van der Waals surface area contributed by atoms with Crippen LogP contribution in [0, 0.1) is 0 Å². The molecule has 1 rings (SSSR count). The molecule has 0 aliphatic carbocycles. The largest absolute Gasteiger partial charge is 0.280 e. The minimum atomic E-state index is 0.0602. The van der Waals surface area contributed by atoms with Gasteiger partial charge in [0.2, 0.25) is 11.8 Å². The van der Waals surface area contributed by atoms with Crippen molar-refractivity contribution in [1.29, 1.82) is 0 Å². The number of hydrogen-bond acceptors (Lipinski definition) is 2. The minimum absolute atomic E-state index is 0.0602. The van der Waals surface area contributed by atoms with Crippen LogP contribution in [-0.4, -0.2) is 22.8 Å². The third kappa shape index (κ3) is 5.64. The van der Waals surface area contributed by atoms with Gasteiger partial charge in [-0.2, -0.15) is 0 Å². The first-order valence-corrected chi connectivity index (χ1v) is 8.55. The van der Waals surface area contributed by atoms with E-state index in [1.54, 1.807) is 4.90 Å². The third-order valence-electron chi connectivity index (χ3n) is 4.24. The molecule has 1 fully saturated rings. The van der Waals surface area contributed by atoms with Gasteiger partial charge in [0.25, 0.3) is 0 Å². The van der Waals surface area contributed by atoms with E-state index in [9.17, 15) is 9.59 Å². The molecule has 3 heteroatoms. The molecule has 0 aromatic carbocycles. The first-order valence-electron chi connectivity index (χ1n) is 8.55. The zero-order valence-electron chi connectivity index (χ0n) is 13.3. The van der Waals surface area contributed by atoms with E-state index in [4.69, 9.17) is 0 Å². The lowest BCUT2D eigenvalue weighted by molar-refractivity contribution is -0.141. The molecule has 0 bridgehead atoms. The van der Waals surface area contributed by atoms with Crippen LogP contribution in [0.15, 0.2) is 0 Å². The molecule has 0 aromatic heterocycles. The van der Waals surface area contributed by atoms with E-state index >= 15 is 0 Å². The molecular formula is C17H31NO2. The molecule has 0 saturated carbocycles. The molecule has 1 atom stereocenters. The lowest BCUT2D eigenvalue weighted by atomic mass is 10.00. The Morgan fingerprint density at radius 3 is 1.80 bits per heavy atom. The summed E-state index contributed by atoms with van der Waals surface area (Å²) in [6, 6.07) is 0.172. The molecule has 3 nitrogen and oxygen atoms in total. The van der Waals surface area contributed by atoms with Crippen molar-refractivity contribution in [1.82, 2.24) is 4.90 Å². The van der Waals surface area contributed by atoms with Gasteiger partial charge in [-0.15, -0.1) is 0 Å². The monoisotopic (exact) mass is 281 g/mol. The number of carbonyl (C=O) groups is 2. The molecule has 1 heterocycles. The number of carbonyl (C=O) groups excluding carboxylic acids is 2. The summed E-state index contributed by atoms with van der Waals surface area (Å²) in [5.41, 5.74) is 0. The lowest BCUT2D eigenvalue weighted by Gasteiger charge is -2.26.